The molecule has 0 fully saturated rings. The van der Waals surface area contributed by atoms with Crippen LogP contribution in [0.25, 0.3) is 0 Å². The average molecular weight is 461 g/mol. The lowest BCUT2D eigenvalue weighted by atomic mass is 10.1. The maximum atomic E-state index is 12.2. The van der Waals surface area contributed by atoms with Crippen LogP contribution in [0.2, 0.25) is 0 Å². The second-order valence-electron chi connectivity index (χ2n) is 4.34. The number of hydrogen-bond donors (Lipinski definition) is 1. The Morgan fingerprint density at radius 1 is 1.29 bits per heavy atom. The highest BCUT2D eigenvalue weighted by Crippen LogP contribution is 2.23. The second kappa shape index (κ2) is 6.52. The lowest BCUT2D eigenvalue weighted by Gasteiger charge is -2.08. The van der Waals surface area contributed by atoms with Crippen LogP contribution in [-0.4, -0.2) is 10.8 Å². The summed E-state index contributed by atoms with van der Waals surface area (Å²) in [6.07, 6.45) is 0. The molecule has 0 aliphatic carbocycles. The fourth-order valence-electron chi connectivity index (χ4n) is 1.72. The van der Waals surface area contributed by atoms with E-state index in [-0.39, 0.29) is 11.6 Å². The summed E-state index contributed by atoms with van der Waals surface area (Å²) in [5.74, 6) is -0.295. The smallest absolute Gasteiger partial charge is 0.270 e. The van der Waals surface area contributed by atoms with Gasteiger partial charge >= 0.3 is 0 Å². The Morgan fingerprint density at radius 3 is 2.57 bits per heavy atom. The van der Waals surface area contributed by atoms with E-state index in [1.165, 1.54) is 18.2 Å². The summed E-state index contributed by atoms with van der Waals surface area (Å²) in [7, 11) is 0. The van der Waals surface area contributed by atoms with Gasteiger partial charge in [-0.3, -0.25) is 14.9 Å². The van der Waals surface area contributed by atoms with Gasteiger partial charge in [0.1, 0.15) is 0 Å². The Balaban J connectivity index is 2.24. The Hall–Kier alpha value is -1.48. The van der Waals surface area contributed by atoms with Gasteiger partial charge in [0, 0.05) is 25.9 Å². The lowest BCUT2D eigenvalue weighted by molar-refractivity contribution is -0.384. The first-order chi connectivity index (χ1) is 9.88. The molecule has 0 aliphatic heterocycles. The molecule has 108 valence electrons. The normalized spacial score (nSPS) is 10.2. The van der Waals surface area contributed by atoms with Crippen molar-refractivity contribution in [3.05, 3.63) is 65.7 Å². The minimum absolute atomic E-state index is 0.0320. The van der Waals surface area contributed by atoms with E-state index in [4.69, 9.17) is 0 Å². The highest BCUT2D eigenvalue weighted by atomic mass is 127. The van der Waals surface area contributed by atoms with Gasteiger partial charge < -0.3 is 5.32 Å². The van der Waals surface area contributed by atoms with Crippen molar-refractivity contribution < 1.29 is 9.72 Å². The van der Waals surface area contributed by atoms with Crippen molar-refractivity contribution in [2.75, 3.05) is 5.32 Å². The molecule has 2 aromatic carbocycles. The standard InChI is InChI=1S/C14H10BrIN2O3/c1-8-6-9(2-5-12(8)15)17-14(19)11-4-3-10(18(20)21)7-13(11)16/h2-7H,1H3,(H,17,19). The van der Waals surface area contributed by atoms with Crippen LogP contribution in [0, 0.1) is 20.6 Å². The molecule has 0 aromatic heterocycles. The van der Waals surface area contributed by atoms with Gasteiger partial charge in [0.2, 0.25) is 0 Å². The van der Waals surface area contributed by atoms with Gasteiger partial charge in [-0.15, -0.1) is 0 Å². The highest BCUT2D eigenvalue weighted by Gasteiger charge is 2.14. The summed E-state index contributed by atoms with van der Waals surface area (Å²) in [5, 5.41) is 13.5. The van der Waals surface area contributed by atoms with Crippen LogP contribution < -0.4 is 5.32 Å². The van der Waals surface area contributed by atoms with E-state index in [0.717, 1.165) is 10.0 Å². The van der Waals surface area contributed by atoms with Crippen LogP contribution in [0.3, 0.4) is 0 Å². The zero-order chi connectivity index (χ0) is 15.6. The van der Waals surface area contributed by atoms with Crippen molar-refractivity contribution in [2.24, 2.45) is 0 Å². The predicted octanol–water partition coefficient (Wildman–Crippen LogP) is 4.52. The first-order valence-electron chi connectivity index (χ1n) is 5.90. The van der Waals surface area contributed by atoms with Gasteiger partial charge in [0.05, 0.1) is 10.5 Å². The molecular formula is C14H10BrIN2O3. The van der Waals surface area contributed by atoms with Crippen LogP contribution in [0.4, 0.5) is 11.4 Å². The molecule has 0 atom stereocenters. The summed E-state index contributed by atoms with van der Waals surface area (Å²) in [5.41, 5.74) is 2.05. The number of anilines is 1. The molecule has 2 rings (SSSR count). The molecule has 0 saturated heterocycles. The number of aryl methyl sites for hydroxylation is 1. The number of nitro groups is 1. The summed E-state index contributed by atoms with van der Waals surface area (Å²) in [4.78, 5) is 22.4. The number of non-ortho nitro benzene ring substituents is 1. The first kappa shape index (κ1) is 15.9. The van der Waals surface area contributed by atoms with Gasteiger partial charge in [0.25, 0.3) is 11.6 Å². The minimum atomic E-state index is -0.484. The van der Waals surface area contributed by atoms with E-state index >= 15 is 0 Å². The molecule has 0 radical (unpaired) electrons. The van der Waals surface area contributed by atoms with Crippen LogP contribution in [0.5, 0.6) is 0 Å². The molecule has 5 nitrogen and oxygen atoms in total. The number of carbonyl (C=O) groups is 1. The maximum Gasteiger partial charge on any atom is 0.270 e. The molecule has 7 heteroatoms. The zero-order valence-electron chi connectivity index (χ0n) is 10.9. The van der Waals surface area contributed by atoms with E-state index in [1.807, 2.05) is 41.6 Å². The van der Waals surface area contributed by atoms with E-state index < -0.39 is 4.92 Å². The Labute approximate surface area is 143 Å². The zero-order valence-corrected chi connectivity index (χ0v) is 14.6. The third kappa shape index (κ3) is 3.79. The maximum absolute atomic E-state index is 12.2. The fourth-order valence-corrected chi connectivity index (χ4v) is 2.71. The van der Waals surface area contributed by atoms with Crippen molar-refractivity contribution in [1.82, 2.24) is 0 Å². The highest BCUT2D eigenvalue weighted by molar-refractivity contribution is 14.1. The summed E-state index contributed by atoms with van der Waals surface area (Å²) in [6.45, 7) is 1.93. The van der Waals surface area contributed by atoms with Gasteiger partial charge in [-0.05, 0) is 59.3 Å². The van der Waals surface area contributed by atoms with Gasteiger partial charge in [-0.25, -0.2) is 0 Å². The molecule has 1 N–H and O–H groups in total. The van der Waals surface area contributed by atoms with Crippen molar-refractivity contribution in [3.63, 3.8) is 0 Å². The molecule has 21 heavy (non-hydrogen) atoms. The molecular weight excluding hydrogens is 451 g/mol. The van der Waals surface area contributed by atoms with E-state index in [9.17, 15) is 14.9 Å². The lowest BCUT2D eigenvalue weighted by Crippen LogP contribution is -2.13. The van der Waals surface area contributed by atoms with Crippen molar-refractivity contribution in [1.29, 1.82) is 0 Å². The topological polar surface area (TPSA) is 72.2 Å². The number of hydrogen-bond acceptors (Lipinski definition) is 3. The minimum Gasteiger partial charge on any atom is -0.322 e. The van der Waals surface area contributed by atoms with E-state index in [2.05, 4.69) is 21.2 Å². The number of carbonyl (C=O) groups excluding carboxylic acids is 1. The number of nitrogens with one attached hydrogen (secondary N) is 1. The third-order valence-electron chi connectivity index (χ3n) is 2.82. The molecule has 0 unspecified atom stereocenters. The van der Waals surface area contributed by atoms with Gasteiger partial charge in [-0.1, -0.05) is 15.9 Å². The molecule has 1 amide bonds. The molecule has 0 saturated carbocycles. The number of benzene rings is 2. The first-order valence-corrected chi connectivity index (χ1v) is 7.77. The fraction of sp³-hybridized carbons (Fsp3) is 0.0714. The van der Waals surface area contributed by atoms with Crippen molar-refractivity contribution in [3.8, 4) is 0 Å². The van der Waals surface area contributed by atoms with Crippen LogP contribution >= 0.6 is 38.5 Å². The van der Waals surface area contributed by atoms with Crippen LogP contribution in [0.1, 0.15) is 15.9 Å². The largest absolute Gasteiger partial charge is 0.322 e. The van der Waals surface area contributed by atoms with Crippen LogP contribution in [-0.2, 0) is 0 Å². The number of halogens is 2. The average Bonchev–Trinajstić information content (AvgIpc) is 2.42. The second-order valence-corrected chi connectivity index (χ2v) is 6.36. The summed E-state index contributed by atoms with van der Waals surface area (Å²) < 4.78 is 1.50. The van der Waals surface area contributed by atoms with Gasteiger partial charge in [0.15, 0.2) is 0 Å². The number of nitro benzene ring substituents is 1. The Kier molecular flexibility index (Phi) is 4.94. The summed E-state index contributed by atoms with van der Waals surface area (Å²) >= 11 is 5.31. The molecule has 2 aromatic rings. The quantitative estimate of drug-likeness (QED) is 0.415. The molecule has 0 bridgehead atoms. The Morgan fingerprint density at radius 2 is 2.00 bits per heavy atom. The number of amides is 1. The monoisotopic (exact) mass is 460 g/mol. The number of rotatable bonds is 3. The SMILES string of the molecule is Cc1cc(NC(=O)c2ccc([N+](=O)[O-])cc2I)ccc1Br. The van der Waals surface area contributed by atoms with E-state index in [0.29, 0.717) is 14.8 Å². The van der Waals surface area contributed by atoms with Gasteiger partial charge in [-0.2, -0.15) is 0 Å². The summed E-state index contributed by atoms with van der Waals surface area (Å²) in [6, 6.07) is 9.65. The molecule has 0 aliphatic rings. The molecule has 0 heterocycles. The number of nitrogens with zero attached hydrogens (tertiary/aromatic N) is 1. The third-order valence-corrected chi connectivity index (χ3v) is 4.61. The Bertz CT molecular complexity index is 734. The molecule has 0 spiro atoms. The predicted molar refractivity (Wildman–Crippen MR) is 92.6 cm³/mol. The van der Waals surface area contributed by atoms with Crippen molar-refractivity contribution in [2.45, 2.75) is 6.92 Å². The van der Waals surface area contributed by atoms with E-state index in [1.54, 1.807) is 6.07 Å². The van der Waals surface area contributed by atoms with Crippen molar-refractivity contribution >= 4 is 55.8 Å². The van der Waals surface area contributed by atoms with Crippen LogP contribution in [0.15, 0.2) is 40.9 Å².